The summed E-state index contributed by atoms with van der Waals surface area (Å²) < 4.78 is 0. The van der Waals surface area contributed by atoms with Gasteiger partial charge in [-0.3, -0.25) is 4.79 Å². The molecule has 1 fully saturated rings. The number of anilines is 1. The Hall–Kier alpha value is -0.870. The van der Waals surface area contributed by atoms with E-state index in [1.165, 1.54) is 0 Å². The molecule has 86 valence electrons. The van der Waals surface area contributed by atoms with Gasteiger partial charge in [-0.1, -0.05) is 28.1 Å². The zero-order valence-electron chi connectivity index (χ0n) is 9.11. The van der Waals surface area contributed by atoms with E-state index < -0.39 is 0 Å². The lowest BCUT2D eigenvalue weighted by molar-refractivity contribution is -0.117. The summed E-state index contributed by atoms with van der Waals surface area (Å²) in [5, 5.41) is 9.19. The molecule has 2 rings (SSSR count). The summed E-state index contributed by atoms with van der Waals surface area (Å²) in [5.74, 6) is 0.139. The largest absolute Gasteiger partial charge is 0.392 e. The molecule has 0 bridgehead atoms. The van der Waals surface area contributed by atoms with E-state index >= 15 is 0 Å². The molecule has 1 aliphatic rings. The van der Waals surface area contributed by atoms with Crippen LogP contribution in [0.4, 0.5) is 5.69 Å². The fourth-order valence-corrected chi connectivity index (χ4v) is 2.60. The van der Waals surface area contributed by atoms with Crippen molar-refractivity contribution in [1.29, 1.82) is 0 Å². The van der Waals surface area contributed by atoms with Gasteiger partial charge in [-0.05, 0) is 24.1 Å². The van der Waals surface area contributed by atoms with Gasteiger partial charge in [-0.2, -0.15) is 0 Å². The summed E-state index contributed by atoms with van der Waals surface area (Å²) in [4.78, 5) is 13.8. The van der Waals surface area contributed by atoms with Crippen molar-refractivity contribution in [2.24, 2.45) is 0 Å². The number of amides is 1. The van der Waals surface area contributed by atoms with E-state index in [1.54, 1.807) is 4.90 Å². The number of aliphatic hydroxyl groups excluding tert-OH is 1. The number of carbonyl (C=O) groups is 1. The Labute approximate surface area is 103 Å². The molecule has 1 heterocycles. The molecular weight excluding hydrogens is 270 g/mol. The Morgan fingerprint density at radius 1 is 1.56 bits per heavy atom. The van der Waals surface area contributed by atoms with E-state index in [0.29, 0.717) is 13.0 Å². The molecule has 1 amide bonds. The molecule has 1 atom stereocenters. The van der Waals surface area contributed by atoms with Gasteiger partial charge in [-0.25, -0.2) is 0 Å². The first-order valence-corrected chi connectivity index (χ1v) is 6.19. The van der Waals surface area contributed by atoms with Crippen LogP contribution in [-0.4, -0.2) is 22.4 Å². The molecule has 0 saturated carbocycles. The molecule has 1 N–H and O–H groups in total. The summed E-state index contributed by atoms with van der Waals surface area (Å²) in [6.45, 7) is 2.66. The first-order chi connectivity index (χ1) is 7.63. The number of rotatable bonds is 2. The van der Waals surface area contributed by atoms with Gasteiger partial charge >= 0.3 is 0 Å². The van der Waals surface area contributed by atoms with E-state index in [1.807, 2.05) is 25.1 Å². The summed E-state index contributed by atoms with van der Waals surface area (Å²) in [7, 11) is 0. The highest BCUT2D eigenvalue weighted by molar-refractivity contribution is 9.09. The minimum atomic E-state index is 0.0133. The van der Waals surface area contributed by atoms with Crippen LogP contribution in [0.3, 0.4) is 0 Å². The average Bonchev–Trinajstić information content (AvgIpc) is 2.58. The SMILES string of the molecule is Cc1c(CO)cccc1N1CC(Br)CC1=O. The lowest BCUT2D eigenvalue weighted by atomic mass is 10.1. The van der Waals surface area contributed by atoms with Gasteiger partial charge in [0.1, 0.15) is 0 Å². The predicted molar refractivity (Wildman–Crippen MR) is 66.8 cm³/mol. The summed E-state index contributed by atoms with van der Waals surface area (Å²) in [6.07, 6.45) is 0.544. The predicted octanol–water partition coefficient (Wildman–Crippen LogP) is 1.99. The number of alkyl halides is 1. The van der Waals surface area contributed by atoms with E-state index in [9.17, 15) is 9.90 Å². The number of benzene rings is 1. The van der Waals surface area contributed by atoms with Crippen molar-refractivity contribution in [2.75, 3.05) is 11.4 Å². The third kappa shape index (κ3) is 1.99. The van der Waals surface area contributed by atoms with Crippen LogP contribution in [0.5, 0.6) is 0 Å². The molecular formula is C12H14BrNO2. The number of hydrogen-bond acceptors (Lipinski definition) is 2. The van der Waals surface area contributed by atoms with Crippen LogP contribution in [-0.2, 0) is 11.4 Å². The van der Waals surface area contributed by atoms with Crippen molar-refractivity contribution in [2.45, 2.75) is 24.8 Å². The fraction of sp³-hybridized carbons (Fsp3) is 0.417. The van der Waals surface area contributed by atoms with Crippen molar-refractivity contribution in [1.82, 2.24) is 0 Å². The summed E-state index contributed by atoms with van der Waals surface area (Å²) in [6, 6.07) is 5.69. The zero-order valence-corrected chi connectivity index (χ0v) is 10.7. The van der Waals surface area contributed by atoms with Gasteiger partial charge in [0, 0.05) is 23.5 Å². The number of aliphatic hydroxyl groups is 1. The van der Waals surface area contributed by atoms with Crippen molar-refractivity contribution in [3.05, 3.63) is 29.3 Å². The number of carbonyl (C=O) groups excluding carboxylic acids is 1. The number of hydrogen-bond donors (Lipinski definition) is 1. The second-order valence-electron chi connectivity index (χ2n) is 4.03. The second kappa shape index (κ2) is 4.55. The molecule has 0 aliphatic carbocycles. The minimum absolute atomic E-state index is 0.0133. The van der Waals surface area contributed by atoms with Crippen LogP contribution in [0.2, 0.25) is 0 Å². The highest BCUT2D eigenvalue weighted by Gasteiger charge is 2.29. The van der Waals surface area contributed by atoms with Crippen LogP contribution >= 0.6 is 15.9 Å². The molecule has 1 aromatic carbocycles. The van der Waals surface area contributed by atoms with Crippen molar-refractivity contribution >= 4 is 27.5 Å². The van der Waals surface area contributed by atoms with Crippen LogP contribution in [0.25, 0.3) is 0 Å². The molecule has 0 spiro atoms. The average molecular weight is 284 g/mol. The van der Waals surface area contributed by atoms with E-state index in [4.69, 9.17) is 0 Å². The van der Waals surface area contributed by atoms with E-state index in [-0.39, 0.29) is 17.3 Å². The van der Waals surface area contributed by atoms with Crippen LogP contribution in [0, 0.1) is 6.92 Å². The van der Waals surface area contributed by atoms with Crippen LogP contribution < -0.4 is 4.90 Å². The quantitative estimate of drug-likeness (QED) is 0.844. The molecule has 16 heavy (non-hydrogen) atoms. The van der Waals surface area contributed by atoms with Crippen LogP contribution in [0.15, 0.2) is 18.2 Å². The Morgan fingerprint density at radius 2 is 2.31 bits per heavy atom. The Morgan fingerprint density at radius 3 is 2.88 bits per heavy atom. The third-order valence-corrected chi connectivity index (χ3v) is 3.57. The van der Waals surface area contributed by atoms with Crippen molar-refractivity contribution in [3.63, 3.8) is 0 Å². The van der Waals surface area contributed by atoms with E-state index in [0.717, 1.165) is 16.8 Å². The zero-order chi connectivity index (χ0) is 11.7. The molecule has 1 aliphatic heterocycles. The van der Waals surface area contributed by atoms with E-state index in [2.05, 4.69) is 15.9 Å². The second-order valence-corrected chi connectivity index (χ2v) is 5.32. The Kier molecular flexibility index (Phi) is 3.30. The fourth-order valence-electron chi connectivity index (χ4n) is 2.03. The summed E-state index contributed by atoms with van der Waals surface area (Å²) >= 11 is 3.46. The Bertz CT molecular complexity index is 419. The third-order valence-electron chi connectivity index (χ3n) is 2.96. The molecule has 1 unspecified atom stereocenters. The maximum atomic E-state index is 11.8. The first-order valence-electron chi connectivity index (χ1n) is 5.27. The smallest absolute Gasteiger partial charge is 0.228 e. The monoisotopic (exact) mass is 283 g/mol. The first kappa shape index (κ1) is 11.6. The van der Waals surface area contributed by atoms with Crippen LogP contribution in [0.1, 0.15) is 17.5 Å². The maximum absolute atomic E-state index is 11.8. The molecule has 1 aromatic rings. The highest BCUT2D eigenvalue weighted by Crippen LogP contribution is 2.29. The lowest BCUT2D eigenvalue weighted by Crippen LogP contribution is -2.25. The molecule has 0 radical (unpaired) electrons. The molecule has 1 saturated heterocycles. The molecule has 3 nitrogen and oxygen atoms in total. The Balaban J connectivity index is 2.37. The number of halogens is 1. The van der Waals surface area contributed by atoms with Gasteiger partial charge in [0.2, 0.25) is 5.91 Å². The standard InChI is InChI=1S/C12H14BrNO2/c1-8-9(7-15)3-2-4-11(8)14-6-10(13)5-12(14)16/h2-4,10,15H,5-7H2,1H3. The molecule has 4 heteroatoms. The van der Waals surface area contributed by atoms with Gasteiger partial charge in [0.05, 0.1) is 6.61 Å². The highest BCUT2D eigenvalue weighted by atomic mass is 79.9. The van der Waals surface area contributed by atoms with Gasteiger partial charge in [-0.15, -0.1) is 0 Å². The van der Waals surface area contributed by atoms with Crippen molar-refractivity contribution in [3.8, 4) is 0 Å². The van der Waals surface area contributed by atoms with Gasteiger partial charge < -0.3 is 10.0 Å². The maximum Gasteiger partial charge on any atom is 0.228 e. The summed E-state index contributed by atoms with van der Waals surface area (Å²) in [5.41, 5.74) is 2.78. The van der Waals surface area contributed by atoms with Gasteiger partial charge in [0.25, 0.3) is 0 Å². The minimum Gasteiger partial charge on any atom is -0.392 e. The van der Waals surface area contributed by atoms with Crippen molar-refractivity contribution < 1.29 is 9.90 Å². The number of nitrogens with zero attached hydrogens (tertiary/aromatic N) is 1. The lowest BCUT2D eigenvalue weighted by Gasteiger charge is -2.20. The normalized spacial score (nSPS) is 20.6. The van der Waals surface area contributed by atoms with Gasteiger partial charge in [0.15, 0.2) is 0 Å². The topological polar surface area (TPSA) is 40.5 Å². The molecule has 0 aromatic heterocycles.